The zero-order valence-corrected chi connectivity index (χ0v) is 20.2. The number of fused-ring (bicyclic) bond motifs is 2. The van der Waals surface area contributed by atoms with Gasteiger partial charge in [0.25, 0.3) is 0 Å². The van der Waals surface area contributed by atoms with Crippen molar-refractivity contribution in [2.75, 3.05) is 17.7 Å². The van der Waals surface area contributed by atoms with E-state index in [0.29, 0.717) is 30.0 Å². The van der Waals surface area contributed by atoms with Crippen LogP contribution >= 0.6 is 7.82 Å². The van der Waals surface area contributed by atoms with Gasteiger partial charge >= 0.3 is 7.82 Å². The number of hydrogen-bond donors (Lipinski definition) is 4. The fraction of sp³-hybridized carbons (Fsp3) is 0.737. The van der Waals surface area contributed by atoms with Crippen molar-refractivity contribution in [2.24, 2.45) is 0 Å². The van der Waals surface area contributed by atoms with Crippen LogP contribution in [0.3, 0.4) is 0 Å². The van der Waals surface area contributed by atoms with Crippen LogP contribution in [0.1, 0.15) is 46.8 Å². The molecule has 3 aliphatic rings. The molecule has 3 aliphatic heterocycles. The molecule has 14 nitrogen and oxygen atoms in total. The molecule has 0 spiro atoms. The average Bonchev–Trinajstić information content (AvgIpc) is 3.23. The third kappa shape index (κ3) is 3.88. The Kier molecular flexibility index (Phi) is 5.47. The Hall–Kier alpha value is -1.90. The standard InChI is InChI=1S/C19H29N7O7P/c1-18(2)5-9(6-19(3,4)26(18)28)23-17-24-11-14(20)21-8-22-15(11)25(17)16-12(27)13-10(32-16)7-31-34(29,30)33-13/h8-10,12-13,16,27H,5-7H2,1-4H3,(H,23,24)(H,29,30)(H2,20,21,22)/t10-,12-,13-,16-/m1/s1. The van der Waals surface area contributed by atoms with Crippen LogP contribution in [0.2, 0.25) is 0 Å². The number of phosphoric ester groups is 1. The van der Waals surface area contributed by atoms with E-state index >= 15 is 0 Å². The highest BCUT2D eigenvalue weighted by Gasteiger charge is 2.53. The highest BCUT2D eigenvalue weighted by molar-refractivity contribution is 7.47. The Labute approximate surface area is 195 Å². The summed E-state index contributed by atoms with van der Waals surface area (Å²) in [5.74, 6) is 0.458. The van der Waals surface area contributed by atoms with Gasteiger partial charge in [-0.3, -0.25) is 13.6 Å². The number of piperidine rings is 1. The zero-order chi connectivity index (χ0) is 24.6. The molecule has 34 heavy (non-hydrogen) atoms. The summed E-state index contributed by atoms with van der Waals surface area (Å²) in [6.07, 6.45) is -1.89. The van der Waals surface area contributed by atoms with E-state index in [0.717, 1.165) is 5.06 Å². The van der Waals surface area contributed by atoms with Gasteiger partial charge in [-0.1, -0.05) is 0 Å². The SMILES string of the molecule is CC1(C)CC(Nc2nc3c(N)ncnc3n2[C@@H]2O[C@@H]3COP(=O)(O)O[C@H]3[C@H]2O)CC(C)(C)N1[O]. The number of nitrogen functional groups attached to an aromatic ring is 1. The minimum absolute atomic E-state index is 0.141. The summed E-state index contributed by atoms with van der Waals surface area (Å²) < 4.78 is 29.4. The van der Waals surface area contributed by atoms with Crippen molar-refractivity contribution in [3.8, 4) is 0 Å². The van der Waals surface area contributed by atoms with Crippen LogP contribution in [0, 0.1) is 0 Å². The number of ether oxygens (including phenoxy) is 1. The fourth-order valence-electron chi connectivity index (χ4n) is 5.37. The van der Waals surface area contributed by atoms with Crippen LogP contribution in [-0.2, 0) is 23.6 Å². The average molecular weight is 498 g/mol. The van der Waals surface area contributed by atoms with E-state index in [1.54, 1.807) is 4.57 Å². The molecule has 3 saturated heterocycles. The van der Waals surface area contributed by atoms with Gasteiger partial charge in [-0.05, 0) is 40.5 Å². The molecule has 0 aliphatic carbocycles. The summed E-state index contributed by atoms with van der Waals surface area (Å²) in [5.41, 5.74) is 5.41. The second-order valence-corrected chi connectivity index (χ2v) is 11.7. The van der Waals surface area contributed by atoms with Crippen LogP contribution < -0.4 is 11.1 Å². The maximum absolute atomic E-state index is 12.8. The normalized spacial score (nSPS) is 36.0. The zero-order valence-electron chi connectivity index (χ0n) is 19.3. The van der Waals surface area contributed by atoms with Gasteiger partial charge in [-0.25, -0.2) is 19.5 Å². The van der Waals surface area contributed by atoms with E-state index < -0.39 is 43.4 Å². The molecule has 5 N–H and O–H groups in total. The predicted molar refractivity (Wildman–Crippen MR) is 118 cm³/mol. The number of hydrogen-bond acceptors (Lipinski definition) is 11. The van der Waals surface area contributed by atoms with Gasteiger partial charge in [0.2, 0.25) is 5.95 Å². The van der Waals surface area contributed by atoms with Crippen LogP contribution in [0.4, 0.5) is 11.8 Å². The molecule has 5 rings (SSSR count). The minimum Gasteiger partial charge on any atom is -0.386 e. The van der Waals surface area contributed by atoms with Gasteiger partial charge in [0, 0.05) is 17.1 Å². The van der Waals surface area contributed by atoms with Gasteiger partial charge in [0.1, 0.15) is 24.6 Å². The number of aliphatic hydroxyl groups excluding tert-OH is 1. The topological polar surface area (TPSA) is 190 Å². The maximum Gasteiger partial charge on any atom is 0.472 e. The molecule has 2 aromatic heterocycles. The lowest BCUT2D eigenvalue weighted by atomic mass is 9.79. The number of imidazole rings is 1. The number of aromatic nitrogens is 4. The molecule has 5 heterocycles. The van der Waals surface area contributed by atoms with Gasteiger partial charge in [0.05, 0.1) is 6.61 Å². The molecule has 15 heteroatoms. The number of rotatable bonds is 3. The van der Waals surface area contributed by atoms with E-state index in [9.17, 15) is 19.8 Å². The summed E-state index contributed by atoms with van der Waals surface area (Å²) in [6, 6.07) is -0.141. The van der Waals surface area contributed by atoms with E-state index in [2.05, 4.69) is 20.3 Å². The van der Waals surface area contributed by atoms with Crippen LogP contribution in [0.15, 0.2) is 6.33 Å². The summed E-state index contributed by atoms with van der Waals surface area (Å²) in [5, 5.41) is 28.3. The summed E-state index contributed by atoms with van der Waals surface area (Å²) >= 11 is 0. The number of nitrogens with one attached hydrogen (secondary N) is 1. The van der Waals surface area contributed by atoms with Crippen molar-refractivity contribution in [2.45, 2.75) is 82.2 Å². The Balaban J connectivity index is 1.53. The van der Waals surface area contributed by atoms with E-state index in [1.165, 1.54) is 6.33 Å². The number of aliphatic hydroxyl groups is 1. The van der Waals surface area contributed by atoms with Crippen molar-refractivity contribution in [1.29, 1.82) is 0 Å². The number of anilines is 2. The molecule has 3 fully saturated rings. The smallest absolute Gasteiger partial charge is 0.386 e. The second-order valence-electron chi connectivity index (χ2n) is 10.3. The van der Waals surface area contributed by atoms with Gasteiger partial charge < -0.3 is 25.8 Å². The largest absolute Gasteiger partial charge is 0.472 e. The predicted octanol–water partition coefficient (Wildman–Crippen LogP) is 0.962. The molecule has 0 saturated carbocycles. The molecule has 187 valence electrons. The first-order chi connectivity index (χ1) is 15.8. The summed E-state index contributed by atoms with van der Waals surface area (Å²) in [7, 11) is -4.29. The Bertz CT molecular complexity index is 1140. The monoisotopic (exact) mass is 498 g/mol. The maximum atomic E-state index is 12.8. The lowest BCUT2D eigenvalue weighted by molar-refractivity contribution is -0.288. The van der Waals surface area contributed by atoms with E-state index in [1.807, 2.05) is 27.7 Å². The van der Waals surface area contributed by atoms with E-state index in [4.69, 9.17) is 19.5 Å². The van der Waals surface area contributed by atoms with Gasteiger partial charge in [-0.2, -0.15) is 0 Å². The molecule has 1 unspecified atom stereocenters. The minimum atomic E-state index is -4.29. The summed E-state index contributed by atoms with van der Waals surface area (Å²) in [6.45, 7) is 7.34. The molecule has 2 aromatic rings. The van der Waals surface area contributed by atoms with Crippen molar-refractivity contribution < 1.29 is 33.6 Å². The molecular weight excluding hydrogens is 469 g/mol. The van der Waals surface area contributed by atoms with Crippen molar-refractivity contribution >= 4 is 30.8 Å². The van der Waals surface area contributed by atoms with Gasteiger partial charge in [0.15, 0.2) is 23.2 Å². The first kappa shape index (κ1) is 23.8. The highest BCUT2D eigenvalue weighted by Crippen LogP contribution is 2.53. The Morgan fingerprint density at radius 2 is 1.91 bits per heavy atom. The fourth-order valence-corrected chi connectivity index (χ4v) is 6.33. The van der Waals surface area contributed by atoms with Crippen LogP contribution in [0.25, 0.3) is 11.2 Å². The van der Waals surface area contributed by atoms with Crippen molar-refractivity contribution in [1.82, 2.24) is 24.6 Å². The van der Waals surface area contributed by atoms with Crippen LogP contribution in [-0.4, -0.2) is 76.6 Å². The number of nitrogens with zero attached hydrogens (tertiary/aromatic N) is 5. The van der Waals surface area contributed by atoms with Crippen molar-refractivity contribution in [3.63, 3.8) is 0 Å². The molecule has 0 amide bonds. The van der Waals surface area contributed by atoms with E-state index in [-0.39, 0.29) is 18.5 Å². The first-order valence-electron chi connectivity index (χ1n) is 11.0. The Morgan fingerprint density at radius 3 is 2.59 bits per heavy atom. The summed E-state index contributed by atoms with van der Waals surface area (Å²) in [4.78, 5) is 22.6. The quantitative estimate of drug-likeness (QED) is 0.439. The highest BCUT2D eigenvalue weighted by atomic mass is 31.2. The number of phosphoric acid groups is 1. The Morgan fingerprint density at radius 1 is 1.24 bits per heavy atom. The molecule has 5 atom stereocenters. The van der Waals surface area contributed by atoms with Gasteiger partial charge in [-0.15, -0.1) is 10.3 Å². The lowest BCUT2D eigenvalue weighted by Gasteiger charge is -2.50. The lowest BCUT2D eigenvalue weighted by Crippen LogP contribution is -2.60. The molecule has 1 radical (unpaired) electrons. The first-order valence-corrected chi connectivity index (χ1v) is 12.5. The number of hydroxylamine groups is 2. The van der Waals surface area contributed by atoms with Crippen LogP contribution in [0.5, 0.6) is 0 Å². The second kappa shape index (κ2) is 7.80. The molecular formula is C19H29N7O7P. The molecule has 0 aromatic carbocycles. The number of nitrogens with two attached hydrogens (primary N) is 1. The third-order valence-corrected chi connectivity index (χ3v) is 7.64. The molecule has 0 bridgehead atoms. The third-order valence-electron chi connectivity index (χ3n) is 6.65. The van der Waals surface area contributed by atoms with Crippen molar-refractivity contribution in [3.05, 3.63) is 6.33 Å².